The number of hydrogen-bond donors (Lipinski definition) is 0. The quantitative estimate of drug-likeness (QED) is 0.0747. The average molecular weight is 686 g/mol. The van der Waals surface area contributed by atoms with Crippen molar-refractivity contribution in [1.29, 1.82) is 0 Å². The number of hydrogen-bond acceptors (Lipinski definition) is 4. The molecule has 0 aromatic carbocycles. The molecule has 0 bridgehead atoms. The van der Waals surface area contributed by atoms with Crippen molar-refractivity contribution in [3.8, 4) is 0 Å². The maximum Gasteiger partial charge on any atom is 0.0644 e. The van der Waals surface area contributed by atoms with Crippen molar-refractivity contribution in [3.63, 3.8) is 0 Å². The zero-order valence-electron chi connectivity index (χ0n) is 34.0. The van der Waals surface area contributed by atoms with Crippen molar-refractivity contribution in [2.75, 3.05) is 47.1 Å². The summed E-state index contributed by atoms with van der Waals surface area (Å²) in [7, 11) is 4.26. The fourth-order valence-corrected chi connectivity index (χ4v) is 11.3. The Morgan fingerprint density at radius 2 is 1.43 bits per heavy atom. The number of rotatable bonds is 24. The van der Waals surface area contributed by atoms with E-state index in [9.17, 15) is 0 Å². The van der Waals surface area contributed by atoms with E-state index in [1.165, 1.54) is 128 Å². The maximum absolute atomic E-state index is 6.56. The van der Waals surface area contributed by atoms with Crippen LogP contribution in [0, 0.1) is 46.3 Å². The van der Waals surface area contributed by atoms with Gasteiger partial charge in [-0.25, -0.2) is 0 Å². The third kappa shape index (κ3) is 11.5. The molecule has 0 aromatic rings. The molecule has 4 rings (SSSR count). The summed E-state index contributed by atoms with van der Waals surface area (Å²) in [6, 6.07) is 0.354. The highest BCUT2D eigenvalue weighted by molar-refractivity contribution is 5.25. The Hall–Kier alpha value is -0.420. The molecule has 0 aliphatic heterocycles. The van der Waals surface area contributed by atoms with Crippen molar-refractivity contribution >= 4 is 0 Å². The van der Waals surface area contributed by atoms with E-state index in [2.05, 4.69) is 66.6 Å². The van der Waals surface area contributed by atoms with Crippen LogP contribution in [0.4, 0.5) is 0 Å². The highest BCUT2D eigenvalue weighted by Crippen LogP contribution is 2.67. The van der Waals surface area contributed by atoms with Crippen molar-refractivity contribution in [3.05, 3.63) is 11.6 Å². The summed E-state index contributed by atoms with van der Waals surface area (Å²) in [4.78, 5) is 2.24. The van der Waals surface area contributed by atoms with Crippen LogP contribution in [0.25, 0.3) is 0 Å². The smallest absolute Gasteiger partial charge is 0.0644 e. The molecule has 0 aromatic heterocycles. The maximum atomic E-state index is 6.56. The van der Waals surface area contributed by atoms with Crippen LogP contribution in [0.5, 0.6) is 0 Å². The summed E-state index contributed by atoms with van der Waals surface area (Å²) in [5.74, 6) is 5.51. The molecule has 3 unspecified atom stereocenters. The Morgan fingerprint density at radius 1 is 0.755 bits per heavy atom. The predicted octanol–water partition coefficient (Wildman–Crippen LogP) is 11.9. The molecule has 9 atom stereocenters. The van der Waals surface area contributed by atoms with Crippen LogP contribution < -0.4 is 0 Å². The zero-order valence-corrected chi connectivity index (χ0v) is 34.0. The number of allylic oxidation sites excluding steroid dienone is 1. The van der Waals surface area contributed by atoms with E-state index in [0.29, 0.717) is 23.0 Å². The van der Waals surface area contributed by atoms with Crippen LogP contribution in [0.15, 0.2) is 11.6 Å². The van der Waals surface area contributed by atoms with Gasteiger partial charge >= 0.3 is 0 Å². The van der Waals surface area contributed by atoms with Gasteiger partial charge in [0.1, 0.15) is 0 Å². The highest BCUT2D eigenvalue weighted by atomic mass is 16.5. The first kappa shape index (κ1) is 41.3. The van der Waals surface area contributed by atoms with Crippen molar-refractivity contribution in [2.24, 2.45) is 46.3 Å². The van der Waals surface area contributed by atoms with E-state index in [1.807, 2.05) is 0 Å². The molecular weight excluding hydrogens is 602 g/mol. The van der Waals surface area contributed by atoms with Gasteiger partial charge in [-0.05, 0) is 131 Å². The number of unbranched alkanes of at least 4 members (excludes halogenated alkanes) is 7. The first-order valence-corrected chi connectivity index (χ1v) is 21.7. The predicted molar refractivity (Wildman–Crippen MR) is 209 cm³/mol. The number of nitrogens with zero attached hydrogens (tertiary/aromatic N) is 1. The second-order valence-electron chi connectivity index (χ2n) is 18.6. The molecule has 0 N–H and O–H groups in total. The molecule has 0 spiro atoms. The molecule has 4 aliphatic rings. The zero-order chi connectivity index (χ0) is 35.3. The van der Waals surface area contributed by atoms with E-state index < -0.39 is 0 Å². The summed E-state index contributed by atoms with van der Waals surface area (Å²) in [6.45, 7) is 19.3. The van der Waals surface area contributed by atoms with Crippen LogP contribution >= 0.6 is 0 Å². The summed E-state index contributed by atoms with van der Waals surface area (Å²) < 4.78 is 18.5. The topological polar surface area (TPSA) is 30.9 Å². The molecule has 286 valence electrons. The van der Waals surface area contributed by atoms with Gasteiger partial charge in [0.25, 0.3) is 0 Å². The van der Waals surface area contributed by atoms with Gasteiger partial charge in [-0.2, -0.15) is 0 Å². The van der Waals surface area contributed by atoms with Gasteiger partial charge in [-0.3, -0.25) is 0 Å². The van der Waals surface area contributed by atoms with Crippen LogP contribution in [-0.2, 0) is 14.2 Å². The molecule has 0 amide bonds. The summed E-state index contributed by atoms with van der Waals surface area (Å²) in [6.07, 6.45) is 29.9. The van der Waals surface area contributed by atoms with Crippen molar-refractivity contribution in [2.45, 2.75) is 182 Å². The second kappa shape index (κ2) is 20.7. The summed E-state index contributed by atoms with van der Waals surface area (Å²) in [5.41, 5.74) is 2.81. The monoisotopic (exact) mass is 686 g/mol. The number of fused-ring (bicyclic) bond motifs is 5. The van der Waals surface area contributed by atoms with Crippen LogP contribution in [0.1, 0.15) is 170 Å². The number of ether oxygens (including phenoxy) is 3. The third-order valence-electron chi connectivity index (χ3n) is 14.5. The molecule has 4 aliphatic carbocycles. The van der Waals surface area contributed by atoms with Crippen LogP contribution in [0.3, 0.4) is 0 Å². The standard InChI is InChI=1S/C45H83NO3/c1-9-10-15-29-47-33-38(46(7)8)34-48-30-16-13-11-12-14-17-31-49-39-25-27-44(5)37(32-39)21-22-40-42-24-23-41(36(4)20-18-19-35(2)3)45(42,6)28-26-43(40)44/h21,35-36,38-43H,9-20,22-34H2,1-8H3/t36-,38+,39+,40?,41-,42?,43?,44+,45-/m1/s1. The van der Waals surface area contributed by atoms with Crippen molar-refractivity contribution < 1.29 is 14.2 Å². The van der Waals surface area contributed by atoms with Gasteiger partial charge in [0.15, 0.2) is 0 Å². The van der Waals surface area contributed by atoms with Gasteiger partial charge in [-0.1, -0.05) is 111 Å². The van der Waals surface area contributed by atoms with E-state index in [4.69, 9.17) is 14.2 Å². The third-order valence-corrected chi connectivity index (χ3v) is 14.5. The van der Waals surface area contributed by atoms with E-state index in [-0.39, 0.29) is 0 Å². The lowest BCUT2D eigenvalue weighted by molar-refractivity contribution is -0.0641. The minimum atomic E-state index is 0.354. The van der Waals surface area contributed by atoms with Gasteiger partial charge < -0.3 is 19.1 Å². The average Bonchev–Trinajstić information content (AvgIpc) is 3.43. The van der Waals surface area contributed by atoms with Gasteiger partial charge in [0, 0.05) is 19.8 Å². The van der Waals surface area contributed by atoms with E-state index in [1.54, 1.807) is 5.57 Å². The van der Waals surface area contributed by atoms with Crippen LogP contribution in [-0.4, -0.2) is 64.2 Å². The fourth-order valence-electron chi connectivity index (χ4n) is 11.3. The Balaban J connectivity index is 1.08. The molecule has 49 heavy (non-hydrogen) atoms. The highest BCUT2D eigenvalue weighted by Gasteiger charge is 2.59. The molecule has 0 radical (unpaired) electrons. The Labute approximate surface area is 305 Å². The van der Waals surface area contributed by atoms with Crippen molar-refractivity contribution in [1.82, 2.24) is 4.90 Å². The lowest BCUT2D eigenvalue weighted by atomic mass is 9.47. The first-order valence-electron chi connectivity index (χ1n) is 21.7. The van der Waals surface area contributed by atoms with E-state index >= 15 is 0 Å². The molecule has 3 fully saturated rings. The minimum Gasteiger partial charge on any atom is -0.380 e. The Kier molecular flexibility index (Phi) is 17.5. The summed E-state index contributed by atoms with van der Waals surface area (Å²) >= 11 is 0. The molecule has 3 saturated carbocycles. The lowest BCUT2D eigenvalue weighted by Gasteiger charge is -2.58. The molecule has 4 heteroatoms. The largest absolute Gasteiger partial charge is 0.380 e. The Morgan fingerprint density at radius 3 is 2.10 bits per heavy atom. The van der Waals surface area contributed by atoms with Gasteiger partial charge in [0.05, 0.1) is 25.4 Å². The minimum absolute atomic E-state index is 0.354. The fraction of sp³-hybridized carbons (Fsp3) is 0.956. The van der Waals surface area contributed by atoms with Gasteiger partial charge in [0.2, 0.25) is 0 Å². The SMILES string of the molecule is CCCCCOC[C@@H](COCCCCCCCCO[C@H]1CC[C@@]2(C)C(=CCC3C2CC[C@@]2(C)C3CC[C@@H]2[C@H](C)CCCC(C)C)C1)N(C)C. The molecular formula is C45H83NO3. The lowest BCUT2D eigenvalue weighted by Crippen LogP contribution is -2.51. The molecule has 4 nitrogen and oxygen atoms in total. The van der Waals surface area contributed by atoms with E-state index in [0.717, 1.165) is 68.5 Å². The van der Waals surface area contributed by atoms with Gasteiger partial charge in [-0.15, -0.1) is 0 Å². The molecule has 0 heterocycles. The van der Waals surface area contributed by atoms with Crippen LogP contribution in [0.2, 0.25) is 0 Å². The summed E-state index contributed by atoms with van der Waals surface area (Å²) in [5, 5.41) is 0. The molecule has 0 saturated heterocycles. The number of likely N-dealkylation sites (N-methyl/N-ethyl adjacent to an activating group) is 1. The normalized spacial score (nSPS) is 32.5. The Bertz CT molecular complexity index is 948. The first-order chi connectivity index (χ1) is 23.6. The second-order valence-corrected chi connectivity index (χ2v) is 18.6.